The second-order valence-corrected chi connectivity index (χ2v) is 7.74. The fraction of sp³-hybridized carbons (Fsp3) is 0.500. The fourth-order valence-electron chi connectivity index (χ4n) is 2.17. The summed E-state index contributed by atoms with van der Waals surface area (Å²) >= 11 is 9.23. The quantitative estimate of drug-likeness (QED) is 0.893. The van der Waals surface area contributed by atoms with E-state index in [0.717, 1.165) is 12.8 Å². The number of rotatable bonds is 3. The molecule has 1 aliphatic heterocycles. The van der Waals surface area contributed by atoms with Gasteiger partial charge in [0.25, 0.3) is 0 Å². The molecule has 0 unspecified atom stereocenters. The van der Waals surface area contributed by atoms with Gasteiger partial charge in [-0.15, -0.1) is 0 Å². The largest absolute Gasteiger partial charge is 0.317 e. The first-order valence-corrected chi connectivity index (χ1v) is 8.68. The van der Waals surface area contributed by atoms with Gasteiger partial charge < -0.3 is 5.32 Å². The summed E-state index contributed by atoms with van der Waals surface area (Å²) < 4.78 is 27.2. The Morgan fingerprint density at radius 3 is 2.53 bits per heavy atom. The van der Waals surface area contributed by atoms with E-state index in [2.05, 4.69) is 21.2 Å². The third-order valence-corrected chi connectivity index (χ3v) is 6.52. The van der Waals surface area contributed by atoms with Gasteiger partial charge in [-0.3, -0.25) is 0 Å². The van der Waals surface area contributed by atoms with Crippen molar-refractivity contribution < 1.29 is 8.42 Å². The van der Waals surface area contributed by atoms with Crippen molar-refractivity contribution in [3.05, 3.63) is 27.7 Å². The highest BCUT2D eigenvalue weighted by atomic mass is 79.9. The first-order valence-electron chi connectivity index (χ1n) is 6.07. The fourth-order valence-corrected chi connectivity index (χ4v) is 4.16. The van der Waals surface area contributed by atoms with Gasteiger partial charge in [-0.25, -0.2) is 8.42 Å². The standard InChI is InChI=1S/C12H16BrClN2O2S/c1-15-9-4-6-16(7-5-9)19(17,18)10-2-3-11(13)12(14)8-10/h2-3,8-9,15H,4-7H2,1H3. The lowest BCUT2D eigenvalue weighted by atomic mass is 10.1. The van der Waals surface area contributed by atoms with E-state index in [9.17, 15) is 8.42 Å². The van der Waals surface area contributed by atoms with Crippen molar-refractivity contribution in [1.29, 1.82) is 0 Å². The van der Waals surface area contributed by atoms with Crippen LogP contribution in [0, 0.1) is 0 Å². The predicted octanol–water partition coefficient (Wildman–Crippen LogP) is 2.48. The number of piperidine rings is 1. The lowest BCUT2D eigenvalue weighted by Gasteiger charge is -2.31. The maximum absolute atomic E-state index is 12.5. The molecule has 0 aliphatic carbocycles. The maximum atomic E-state index is 12.5. The van der Waals surface area contributed by atoms with Crippen LogP contribution in [0.3, 0.4) is 0 Å². The number of halogens is 2. The summed E-state index contributed by atoms with van der Waals surface area (Å²) in [5, 5.41) is 3.59. The molecule has 1 aliphatic rings. The van der Waals surface area contributed by atoms with Gasteiger partial charge in [0.05, 0.1) is 9.92 Å². The summed E-state index contributed by atoms with van der Waals surface area (Å²) in [4.78, 5) is 0.253. The molecule has 0 amide bonds. The summed E-state index contributed by atoms with van der Waals surface area (Å²) in [7, 11) is -1.53. The number of hydrogen-bond acceptors (Lipinski definition) is 3. The van der Waals surface area contributed by atoms with Gasteiger partial charge >= 0.3 is 0 Å². The molecule has 7 heteroatoms. The van der Waals surface area contributed by atoms with Crippen LogP contribution in [0.5, 0.6) is 0 Å². The molecule has 19 heavy (non-hydrogen) atoms. The Morgan fingerprint density at radius 1 is 1.37 bits per heavy atom. The topological polar surface area (TPSA) is 49.4 Å². The summed E-state index contributed by atoms with van der Waals surface area (Å²) in [5.41, 5.74) is 0. The molecule has 1 saturated heterocycles. The molecule has 0 atom stereocenters. The first-order chi connectivity index (χ1) is 8.95. The molecule has 0 bridgehead atoms. The number of nitrogens with one attached hydrogen (secondary N) is 1. The maximum Gasteiger partial charge on any atom is 0.243 e. The van der Waals surface area contributed by atoms with Gasteiger partial charge in [-0.05, 0) is 54.0 Å². The molecule has 0 aromatic heterocycles. The molecule has 1 N–H and O–H groups in total. The third kappa shape index (κ3) is 3.31. The molecule has 106 valence electrons. The average Bonchev–Trinajstić information content (AvgIpc) is 2.41. The van der Waals surface area contributed by atoms with Gasteiger partial charge in [-0.2, -0.15) is 4.31 Å². The van der Waals surface area contributed by atoms with E-state index in [-0.39, 0.29) is 4.90 Å². The molecule has 1 fully saturated rings. The smallest absolute Gasteiger partial charge is 0.243 e. The Morgan fingerprint density at radius 2 is 2.00 bits per heavy atom. The van der Waals surface area contributed by atoms with E-state index >= 15 is 0 Å². The van der Waals surface area contributed by atoms with Crippen LogP contribution in [-0.2, 0) is 10.0 Å². The summed E-state index contributed by atoms with van der Waals surface area (Å²) in [6.45, 7) is 1.09. The van der Waals surface area contributed by atoms with Gasteiger partial charge in [0, 0.05) is 23.6 Å². The van der Waals surface area contributed by atoms with Gasteiger partial charge in [0.1, 0.15) is 0 Å². The molecule has 4 nitrogen and oxygen atoms in total. The average molecular weight is 368 g/mol. The second kappa shape index (κ2) is 6.10. The minimum Gasteiger partial charge on any atom is -0.317 e. The zero-order chi connectivity index (χ0) is 14.0. The van der Waals surface area contributed by atoms with Gasteiger partial charge in [0.15, 0.2) is 0 Å². The Labute approximate surface area is 127 Å². The summed E-state index contributed by atoms with van der Waals surface area (Å²) in [6, 6.07) is 5.14. The molecule has 2 rings (SSSR count). The Bertz CT molecular complexity index is 557. The highest BCUT2D eigenvalue weighted by Gasteiger charge is 2.29. The molecule has 0 spiro atoms. The lowest BCUT2D eigenvalue weighted by Crippen LogP contribution is -2.43. The van der Waals surface area contributed by atoms with Crippen molar-refractivity contribution in [2.75, 3.05) is 20.1 Å². The van der Waals surface area contributed by atoms with Crippen LogP contribution in [0.25, 0.3) is 0 Å². The van der Waals surface area contributed by atoms with Crippen LogP contribution in [0.2, 0.25) is 5.02 Å². The highest BCUT2D eigenvalue weighted by molar-refractivity contribution is 9.10. The van der Waals surface area contributed by atoms with Crippen LogP contribution in [-0.4, -0.2) is 38.9 Å². The number of benzene rings is 1. The monoisotopic (exact) mass is 366 g/mol. The van der Waals surface area contributed by atoms with Crippen LogP contribution >= 0.6 is 27.5 Å². The van der Waals surface area contributed by atoms with Crippen molar-refractivity contribution in [1.82, 2.24) is 9.62 Å². The van der Waals surface area contributed by atoms with E-state index in [4.69, 9.17) is 11.6 Å². The zero-order valence-electron chi connectivity index (χ0n) is 10.6. The second-order valence-electron chi connectivity index (χ2n) is 4.54. The van der Waals surface area contributed by atoms with Crippen LogP contribution in [0.1, 0.15) is 12.8 Å². The zero-order valence-corrected chi connectivity index (χ0v) is 13.7. The summed E-state index contributed by atoms with van der Waals surface area (Å²) in [5.74, 6) is 0. The molecule has 1 aromatic rings. The summed E-state index contributed by atoms with van der Waals surface area (Å²) in [6.07, 6.45) is 1.67. The number of hydrogen-bond donors (Lipinski definition) is 1. The van der Waals surface area contributed by atoms with Crippen LogP contribution < -0.4 is 5.32 Å². The third-order valence-electron chi connectivity index (χ3n) is 3.39. The molecule has 0 saturated carbocycles. The van der Waals surface area contributed by atoms with Crippen LogP contribution in [0.4, 0.5) is 0 Å². The highest BCUT2D eigenvalue weighted by Crippen LogP contribution is 2.28. The van der Waals surface area contributed by atoms with Crippen molar-refractivity contribution in [3.8, 4) is 0 Å². The Balaban J connectivity index is 2.21. The lowest BCUT2D eigenvalue weighted by molar-refractivity contribution is 0.298. The SMILES string of the molecule is CNC1CCN(S(=O)(=O)c2ccc(Br)c(Cl)c2)CC1. The van der Waals surface area contributed by atoms with Crippen molar-refractivity contribution in [2.24, 2.45) is 0 Å². The van der Waals surface area contributed by atoms with Crippen molar-refractivity contribution in [3.63, 3.8) is 0 Å². The van der Waals surface area contributed by atoms with Gasteiger partial charge in [0.2, 0.25) is 10.0 Å². The van der Waals surface area contributed by atoms with E-state index in [1.807, 2.05) is 7.05 Å². The molecule has 1 heterocycles. The molecular weight excluding hydrogens is 352 g/mol. The van der Waals surface area contributed by atoms with E-state index in [0.29, 0.717) is 28.6 Å². The number of sulfonamides is 1. The van der Waals surface area contributed by atoms with Crippen molar-refractivity contribution in [2.45, 2.75) is 23.8 Å². The minimum atomic E-state index is -3.43. The Kier molecular flexibility index (Phi) is 4.89. The van der Waals surface area contributed by atoms with E-state index in [1.165, 1.54) is 10.4 Å². The van der Waals surface area contributed by atoms with Gasteiger partial charge in [-0.1, -0.05) is 11.6 Å². The number of nitrogens with zero attached hydrogens (tertiary/aromatic N) is 1. The molecular formula is C12H16BrClN2O2S. The van der Waals surface area contributed by atoms with E-state index < -0.39 is 10.0 Å². The van der Waals surface area contributed by atoms with Crippen LogP contribution in [0.15, 0.2) is 27.6 Å². The normalized spacial score (nSPS) is 18.7. The predicted molar refractivity (Wildman–Crippen MR) is 80.0 cm³/mol. The Hall–Kier alpha value is -0.140. The molecule has 0 radical (unpaired) electrons. The minimum absolute atomic E-state index is 0.253. The molecule has 1 aromatic carbocycles. The first kappa shape index (κ1) is 15.3. The van der Waals surface area contributed by atoms with E-state index in [1.54, 1.807) is 12.1 Å². The van der Waals surface area contributed by atoms with Crippen molar-refractivity contribution >= 4 is 37.6 Å².